The lowest BCUT2D eigenvalue weighted by atomic mass is 10.0. The molecule has 2 aliphatic rings. The van der Waals surface area contributed by atoms with Crippen LogP contribution < -0.4 is 25.1 Å². The number of likely N-dealkylation sites (tertiary alicyclic amines) is 1. The average Bonchev–Trinajstić information content (AvgIpc) is 2.88. The minimum Gasteiger partial charge on any atom is -0.493 e. The summed E-state index contributed by atoms with van der Waals surface area (Å²) in [6, 6.07) is 16.1. The second kappa shape index (κ2) is 10.5. The Kier molecular flexibility index (Phi) is 7.02. The second-order valence-electron chi connectivity index (χ2n) is 8.92. The topological polar surface area (TPSA) is 65.0 Å². The zero-order valence-corrected chi connectivity index (χ0v) is 19.8. The number of ether oxygens (including phenoxy) is 3. The van der Waals surface area contributed by atoms with Crippen molar-refractivity contribution < 1.29 is 14.2 Å². The first kappa shape index (κ1) is 22.7. The number of hydrogen-bond acceptors (Lipinski definition) is 6. The van der Waals surface area contributed by atoms with Gasteiger partial charge in [0.2, 0.25) is 0 Å². The second-order valence-corrected chi connectivity index (χ2v) is 8.92. The van der Waals surface area contributed by atoms with Crippen LogP contribution in [0.15, 0.2) is 53.3 Å². The van der Waals surface area contributed by atoms with Crippen molar-refractivity contribution in [3.05, 3.63) is 64.4 Å². The molecule has 0 atom stereocenters. The van der Waals surface area contributed by atoms with E-state index in [1.165, 1.54) is 5.56 Å². The Labute approximate surface area is 200 Å². The molecular formula is C27H33N3O4. The summed E-state index contributed by atoms with van der Waals surface area (Å²) in [7, 11) is 0. The van der Waals surface area contributed by atoms with Gasteiger partial charge in [0.1, 0.15) is 19.0 Å². The van der Waals surface area contributed by atoms with Crippen molar-refractivity contribution in [2.45, 2.75) is 38.9 Å². The molecule has 2 aromatic carbocycles. The maximum atomic E-state index is 12.6. The molecule has 0 saturated carbocycles. The molecule has 3 heterocycles. The third-order valence-electron chi connectivity index (χ3n) is 6.72. The molecule has 1 fully saturated rings. The van der Waals surface area contributed by atoms with Crippen LogP contribution in [0.25, 0.3) is 10.9 Å². The number of nitrogens with one attached hydrogen (secondary N) is 1. The molecule has 180 valence electrons. The number of piperidine rings is 1. The molecule has 0 spiro atoms. The highest BCUT2D eigenvalue weighted by atomic mass is 16.6. The molecule has 0 unspecified atom stereocenters. The summed E-state index contributed by atoms with van der Waals surface area (Å²) < 4.78 is 18.9. The maximum Gasteiger partial charge on any atom is 0.251 e. The monoisotopic (exact) mass is 463 g/mol. The van der Waals surface area contributed by atoms with Crippen molar-refractivity contribution in [1.29, 1.82) is 0 Å². The third kappa shape index (κ3) is 5.05. The summed E-state index contributed by atoms with van der Waals surface area (Å²) >= 11 is 0. The number of rotatable bonds is 8. The molecule has 3 aromatic rings. The van der Waals surface area contributed by atoms with Crippen LogP contribution in [0, 0.1) is 0 Å². The highest BCUT2D eigenvalue weighted by Gasteiger charge is 2.19. The quantitative estimate of drug-likeness (QED) is 0.552. The molecule has 1 aromatic heterocycles. The molecule has 7 nitrogen and oxygen atoms in total. The molecule has 0 bridgehead atoms. The van der Waals surface area contributed by atoms with Crippen molar-refractivity contribution in [2.75, 3.05) is 39.5 Å². The standard InChI is InChI=1S/C27H33N3O4/c1-2-32-24-5-3-4-23-22(24)7-9-27(31)30(23)15-14-29-12-10-21(11-13-29)28-19-20-6-8-25-26(18-20)34-17-16-33-25/h3-9,18,21,28H,2,10-17,19H2,1H3. The Morgan fingerprint density at radius 1 is 1.00 bits per heavy atom. The van der Waals surface area contributed by atoms with E-state index in [1.807, 2.05) is 41.8 Å². The van der Waals surface area contributed by atoms with Crippen LogP contribution >= 0.6 is 0 Å². The van der Waals surface area contributed by atoms with Crippen LogP contribution in [0.4, 0.5) is 0 Å². The van der Waals surface area contributed by atoms with Crippen LogP contribution in [0.3, 0.4) is 0 Å². The predicted molar refractivity (Wildman–Crippen MR) is 133 cm³/mol. The zero-order chi connectivity index (χ0) is 23.3. The molecule has 2 aliphatic heterocycles. The van der Waals surface area contributed by atoms with E-state index in [0.29, 0.717) is 32.4 Å². The Balaban J connectivity index is 1.14. The highest BCUT2D eigenvalue weighted by Crippen LogP contribution is 2.31. The van der Waals surface area contributed by atoms with Gasteiger partial charge in [-0.15, -0.1) is 0 Å². The first-order valence-electron chi connectivity index (χ1n) is 12.3. The van der Waals surface area contributed by atoms with E-state index >= 15 is 0 Å². The third-order valence-corrected chi connectivity index (χ3v) is 6.72. The van der Waals surface area contributed by atoms with E-state index in [1.54, 1.807) is 6.07 Å². The van der Waals surface area contributed by atoms with E-state index < -0.39 is 0 Å². The van der Waals surface area contributed by atoms with Gasteiger partial charge in [0.15, 0.2) is 11.5 Å². The minimum atomic E-state index is 0.0390. The fraction of sp³-hybridized carbons (Fsp3) is 0.444. The Bertz CT molecular complexity index is 1180. The van der Waals surface area contributed by atoms with Gasteiger partial charge in [-0.3, -0.25) is 4.79 Å². The van der Waals surface area contributed by atoms with Gasteiger partial charge in [-0.2, -0.15) is 0 Å². The summed E-state index contributed by atoms with van der Waals surface area (Å²) in [5, 5.41) is 4.69. The highest BCUT2D eigenvalue weighted by molar-refractivity contribution is 5.85. The molecule has 1 saturated heterocycles. The molecule has 0 aliphatic carbocycles. The first-order valence-corrected chi connectivity index (χ1v) is 12.3. The Morgan fingerprint density at radius 3 is 2.65 bits per heavy atom. The fourth-order valence-corrected chi connectivity index (χ4v) is 4.87. The molecule has 0 radical (unpaired) electrons. The van der Waals surface area contributed by atoms with Crippen molar-refractivity contribution in [2.24, 2.45) is 0 Å². The van der Waals surface area contributed by atoms with Gasteiger partial charge in [-0.05, 0) is 68.8 Å². The summed E-state index contributed by atoms with van der Waals surface area (Å²) in [5.74, 6) is 2.51. The van der Waals surface area contributed by atoms with Gasteiger partial charge in [0, 0.05) is 37.1 Å². The number of hydrogen-bond donors (Lipinski definition) is 1. The summed E-state index contributed by atoms with van der Waals surface area (Å²) in [6.07, 6.45) is 2.20. The van der Waals surface area contributed by atoms with Crippen LogP contribution in [-0.4, -0.2) is 55.0 Å². The average molecular weight is 464 g/mol. The van der Waals surface area contributed by atoms with E-state index in [9.17, 15) is 4.79 Å². The number of fused-ring (bicyclic) bond motifs is 2. The van der Waals surface area contributed by atoms with Crippen LogP contribution in [-0.2, 0) is 13.1 Å². The van der Waals surface area contributed by atoms with Gasteiger partial charge in [0.25, 0.3) is 5.56 Å². The normalized spacial score (nSPS) is 16.6. The van der Waals surface area contributed by atoms with Crippen molar-refractivity contribution in [3.8, 4) is 17.2 Å². The lowest BCUT2D eigenvalue weighted by Gasteiger charge is -2.32. The number of benzene rings is 2. The van der Waals surface area contributed by atoms with E-state index in [-0.39, 0.29) is 5.56 Å². The minimum absolute atomic E-state index is 0.0390. The van der Waals surface area contributed by atoms with Crippen molar-refractivity contribution in [1.82, 2.24) is 14.8 Å². The van der Waals surface area contributed by atoms with Crippen LogP contribution in [0.2, 0.25) is 0 Å². The van der Waals surface area contributed by atoms with E-state index in [4.69, 9.17) is 14.2 Å². The number of aromatic nitrogens is 1. The van der Waals surface area contributed by atoms with Gasteiger partial charge >= 0.3 is 0 Å². The largest absolute Gasteiger partial charge is 0.493 e. The maximum absolute atomic E-state index is 12.6. The predicted octanol–water partition coefficient (Wildman–Crippen LogP) is 3.43. The van der Waals surface area contributed by atoms with Crippen LogP contribution in [0.1, 0.15) is 25.3 Å². The van der Waals surface area contributed by atoms with Crippen LogP contribution in [0.5, 0.6) is 17.2 Å². The van der Waals surface area contributed by atoms with Gasteiger partial charge in [-0.25, -0.2) is 0 Å². The van der Waals surface area contributed by atoms with E-state index in [2.05, 4.69) is 22.3 Å². The van der Waals surface area contributed by atoms with Gasteiger partial charge in [0.05, 0.1) is 12.1 Å². The SMILES string of the molecule is CCOc1cccc2c1ccc(=O)n2CCN1CCC(NCc2ccc3c(c2)OCCO3)CC1. The number of nitrogens with zero attached hydrogens (tertiary/aromatic N) is 2. The van der Waals surface area contributed by atoms with Gasteiger partial charge in [-0.1, -0.05) is 12.1 Å². The molecule has 5 rings (SSSR count). The summed E-state index contributed by atoms with van der Waals surface area (Å²) in [4.78, 5) is 15.1. The lowest BCUT2D eigenvalue weighted by molar-refractivity contribution is 0.171. The molecular weight excluding hydrogens is 430 g/mol. The van der Waals surface area contributed by atoms with E-state index in [0.717, 1.165) is 67.2 Å². The Morgan fingerprint density at radius 2 is 1.82 bits per heavy atom. The lowest BCUT2D eigenvalue weighted by Crippen LogP contribution is -2.43. The molecule has 1 N–H and O–H groups in total. The van der Waals surface area contributed by atoms with Gasteiger partial charge < -0.3 is 29.0 Å². The Hall–Kier alpha value is -3.03. The zero-order valence-electron chi connectivity index (χ0n) is 19.8. The molecule has 34 heavy (non-hydrogen) atoms. The van der Waals surface area contributed by atoms with Crippen molar-refractivity contribution >= 4 is 10.9 Å². The first-order chi connectivity index (χ1) is 16.7. The summed E-state index contributed by atoms with van der Waals surface area (Å²) in [6.45, 7) is 8.25. The molecule has 7 heteroatoms. The van der Waals surface area contributed by atoms with Crippen molar-refractivity contribution in [3.63, 3.8) is 0 Å². The smallest absolute Gasteiger partial charge is 0.251 e. The molecule has 0 amide bonds. The fourth-order valence-electron chi connectivity index (χ4n) is 4.87. The number of pyridine rings is 1. The summed E-state index contributed by atoms with van der Waals surface area (Å²) in [5.41, 5.74) is 2.19.